The van der Waals surface area contributed by atoms with Gasteiger partial charge >= 0.3 is 5.97 Å². The third-order valence-electron chi connectivity index (χ3n) is 2.96. The number of aromatic nitrogens is 2. The van der Waals surface area contributed by atoms with E-state index < -0.39 is 5.97 Å². The second-order valence-electron chi connectivity index (χ2n) is 4.15. The molecule has 1 aliphatic rings. The zero-order chi connectivity index (χ0) is 13.0. The molecule has 0 aromatic carbocycles. The first kappa shape index (κ1) is 12.6. The first-order valence-electron chi connectivity index (χ1n) is 6.18. The number of carbonyl (C=O) groups excluding carboxylic acids is 2. The molecule has 1 saturated heterocycles. The van der Waals surface area contributed by atoms with E-state index in [2.05, 4.69) is 4.98 Å². The Morgan fingerprint density at radius 2 is 2.33 bits per heavy atom. The molecule has 2 rings (SSSR count). The van der Waals surface area contributed by atoms with Gasteiger partial charge in [-0.25, -0.2) is 9.78 Å². The predicted octanol–water partition coefficient (Wildman–Crippen LogP) is 0.682. The van der Waals surface area contributed by atoms with E-state index in [1.807, 2.05) is 4.90 Å². The van der Waals surface area contributed by atoms with Gasteiger partial charge in [0.05, 0.1) is 6.61 Å². The van der Waals surface area contributed by atoms with Crippen LogP contribution in [-0.2, 0) is 16.1 Å². The maximum absolute atomic E-state index is 11.6. The highest BCUT2D eigenvalue weighted by Crippen LogP contribution is 2.10. The third-order valence-corrected chi connectivity index (χ3v) is 2.96. The zero-order valence-corrected chi connectivity index (χ0v) is 10.5. The summed E-state index contributed by atoms with van der Waals surface area (Å²) in [5, 5.41) is 0. The van der Waals surface area contributed by atoms with Crippen LogP contribution >= 0.6 is 0 Å². The van der Waals surface area contributed by atoms with Gasteiger partial charge in [-0.05, 0) is 13.3 Å². The van der Waals surface area contributed by atoms with Crippen LogP contribution in [0.25, 0.3) is 0 Å². The molecule has 18 heavy (non-hydrogen) atoms. The molecule has 0 radical (unpaired) electrons. The van der Waals surface area contributed by atoms with E-state index in [4.69, 9.17) is 4.74 Å². The number of ether oxygens (including phenoxy) is 1. The lowest BCUT2D eigenvalue weighted by molar-refractivity contribution is -0.127. The Morgan fingerprint density at radius 3 is 3.00 bits per heavy atom. The van der Waals surface area contributed by atoms with Gasteiger partial charge in [0.1, 0.15) is 0 Å². The Balaban J connectivity index is 1.95. The SMILES string of the molecule is CCOC(=O)c1nccn1CCN1CCCC1=O. The Morgan fingerprint density at radius 1 is 1.50 bits per heavy atom. The molecule has 0 atom stereocenters. The first-order valence-corrected chi connectivity index (χ1v) is 6.18. The standard InChI is InChI=1S/C12H17N3O3/c1-2-18-12(17)11-13-5-7-15(11)9-8-14-6-3-4-10(14)16/h5,7H,2-4,6,8-9H2,1H3. The highest BCUT2D eigenvalue weighted by Gasteiger charge is 2.20. The minimum absolute atomic E-state index is 0.188. The number of rotatable bonds is 5. The molecule has 2 heterocycles. The van der Waals surface area contributed by atoms with Crippen molar-refractivity contribution in [1.29, 1.82) is 0 Å². The van der Waals surface area contributed by atoms with Crippen molar-refractivity contribution in [1.82, 2.24) is 14.5 Å². The van der Waals surface area contributed by atoms with E-state index >= 15 is 0 Å². The fourth-order valence-corrected chi connectivity index (χ4v) is 2.04. The van der Waals surface area contributed by atoms with Crippen LogP contribution in [0.15, 0.2) is 12.4 Å². The Labute approximate surface area is 106 Å². The minimum atomic E-state index is -0.421. The lowest BCUT2D eigenvalue weighted by Crippen LogP contribution is -2.29. The summed E-state index contributed by atoms with van der Waals surface area (Å²) in [6, 6.07) is 0. The van der Waals surface area contributed by atoms with Gasteiger partial charge in [-0.15, -0.1) is 0 Å². The van der Waals surface area contributed by atoms with Crippen molar-refractivity contribution in [3.8, 4) is 0 Å². The fourth-order valence-electron chi connectivity index (χ4n) is 2.04. The van der Waals surface area contributed by atoms with E-state index in [-0.39, 0.29) is 5.91 Å². The van der Waals surface area contributed by atoms with Crippen LogP contribution in [0.1, 0.15) is 30.4 Å². The monoisotopic (exact) mass is 251 g/mol. The highest BCUT2D eigenvalue weighted by atomic mass is 16.5. The van der Waals surface area contributed by atoms with Crippen LogP contribution in [0.3, 0.4) is 0 Å². The summed E-state index contributed by atoms with van der Waals surface area (Å²) >= 11 is 0. The Kier molecular flexibility index (Phi) is 3.96. The van der Waals surface area contributed by atoms with Crippen molar-refractivity contribution < 1.29 is 14.3 Å². The molecule has 0 bridgehead atoms. The quantitative estimate of drug-likeness (QED) is 0.722. The van der Waals surface area contributed by atoms with E-state index in [1.54, 1.807) is 23.9 Å². The predicted molar refractivity (Wildman–Crippen MR) is 64.0 cm³/mol. The number of hydrogen-bond acceptors (Lipinski definition) is 4. The van der Waals surface area contributed by atoms with Crippen molar-refractivity contribution >= 4 is 11.9 Å². The molecule has 6 heteroatoms. The molecule has 98 valence electrons. The van der Waals surface area contributed by atoms with Gasteiger partial charge in [-0.3, -0.25) is 4.79 Å². The lowest BCUT2D eigenvalue weighted by atomic mass is 10.4. The summed E-state index contributed by atoms with van der Waals surface area (Å²) in [6.45, 7) is 4.08. The maximum atomic E-state index is 11.6. The molecule has 1 aliphatic heterocycles. The molecule has 1 fully saturated rings. The molecule has 0 unspecified atom stereocenters. The maximum Gasteiger partial charge on any atom is 0.374 e. The van der Waals surface area contributed by atoms with Gasteiger partial charge < -0.3 is 14.2 Å². The average molecular weight is 251 g/mol. The van der Waals surface area contributed by atoms with Gasteiger partial charge in [0, 0.05) is 38.4 Å². The molecule has 0 N–H and O–H groups in total. The number of carbonyl (C=O) groups is 2. The van der Waals surface area contributed by atoms with E-state index in [1.165, 1.54) is 0 Å². The van der Waals surface area contributed by atoms with Crippen LogP contribution < -0.4 is 0 Å². The summed E-state index contributed by atoms with van der Waals surface area (Å²) in [7, 11) is 0. The molecule has 6 nitrogen and oxygen atoms in total. The second kappa shape index (κ2) is 5.66. The largest absolute Gasteiger partial charge is 0.460 e. The van der Waals surface area contributed by atoms with Crippen molar-refractivity contribution in [2.24, 2.45) is 0 Å². The summed E-state index contributed by atoms with van der Waals surface area (Å²) in [5.74, 6) is 0.0616. The number of imidazole rings is 1. The molecule has 1 amide bonds. The third kappa shape index (κ3) is 2.69. The molecule has 0 spiro atoms. The topological polar surface area (TPSA) is 64.4 Å². The van der Waals surface area contributed by atoms with Crippen LogP contribution in [0.2, 0.25) is 0 Å². The molecule has 0 saturated carbocycles. The van der Waals surface area contributed by atoms with Crippen LogP contribution in [0.4, 0.5) is 0 Å². The molecule has 0 aliphatic carbocycles. The van der Waals surface area contributed by atoms with Gasteiger partial charge in [0.2, 0.25) is 11.7 Å². The lowest BCUT2D eigenvalue weighted by Gasteiger charge is -2.16. The molecular formula is C12H17N3O3. The normalized spacial score (nSPS) is 15.2. The molecule has 1 aromatic heterocycles. The van der Waals surface area contributed by atoms with E-state index in [9.17, 15) is 9.59 Å². The van der Waals surface area contributed by atoms with E-state index in [0.29, 0.717) is 31.9 Å². The summed E-state index contributed by atoms with van der Waals surface area (Å²) in [5.41, 5.74) is 0. The van der Waals surface area contributed by atoms with Crippen molar-refractivity contribution in [2.75, 3.05) is 19.7 Å². The number of amides is 1. The molecular weight excluding hydrogens is 234 g/mol. The van der Waals surface area contributed by atoms with Gasteiger partial charge in [-0.2, -0.15) is 0 Å². The van der Waals surface area contributed by atoms with Crippen molar-refractivity contribution in [3.05, 3.63) is 18.2 Å². The number of nitrogens with zero attached hydrogens (tertiary/aromatic N) is 3. The summed E-state index contributed by atoms with van der Waals surface area (Å²) in [4.78, 5) is 28.9. The molecule has 1 aromatic rings. The minimum Gasteiger partial charge on any atom is -0.460 e. The van der Waals surface area contributed by atoms with Gasteiger partial charge in [0.15, 0.2) is 0 Å². The Bertz CT molecular complexity index is 442. The highest BCUT2D eigenvalue weighted by molar-refractivity contribution is 5.85. The first-order chi connectivity index (χ1) is 8.72. The Hall–Kier alpha value is -1.85. The number of hydrogen-bond donors (Lipinski definition) is 0. The van der Waals surface area contributed by atoms with Crippen LogP contribution in [0.5, 0.6) is 0 Å². The average Bonchev–Trinajstić information content (AvgIpc) is 2.95. The number of likely N-dealkylation sites (tertiary alicyclic amines) is 1. The summed E-state index contributed by atoms with van der Waals surface area (Å²) < 4.78 is 6.64. The number of esters is 1. The van der Waals surface area contributed by atoms with Crippen LogP contribution in [-0.4, -0.2) is 46.0 Å². The summed E-state index contributed by atoms with van der Waals surface area (Å²) in [6.07, 6.45) is 4.85. The van der Waals surface area contributed by atoms with Gasteiger partial charge in [0.25, 0.3) is 0 Å². The zero-order valence-electron chi connectivity index (χ0n) is 10.5. The van der Waals surface area contributed by atoms with Crippen molar-refractivity contribution in [2.45, 2.75) is 26.3 Å². The van der Waals surface area contributed by atoms with Crippen LogP contribution in [0, 0.1) is 0 Å². The van der Waals surface area contributed by atoms with E-state index in [0.717, 1.165) is 13.0 Å². The van der Waals surface area contributed by atoms with Crippen molar-refractivity contribution in [3.63, 3.8) is 0 Å². The second-order valence-corrected chi connectivity index (χ2v) is 4.15. The fraction of sp³-hybridized carbons (Fsp3) is 0.583. The smallest absolute Gasteiger partial charge is 0.374 e. The van der Waals surface area contributed by atoms with Gasteiger partial charge in [-0.1, -0.05) is 0 Å².